The number of fused-ring (bicyclic) bond motifs is 2. The number of pyridine rings is 1. The summed E-state index contributed by atoms with van der Waals surface area (Å²) in [4.78, 5) is 28.2. The number of nitrogens with zero attached hydrogens (tertiary/aromatic N) is 4. The first-order chi connectivity index (χ1) is 17.2. The van der Waals surface area contributed by atoms with E-state index in [1.54, 1.807) is 11.3 Å². The lowest BCUT2D eigenvalue weighted by molar-refractivity contribution is 0.242. The van der Waals surface area contributed by atoms with E-state index in [9.17, 15) is 4.79 Å². The third-order valence-corrected chi connectivity index (χ3v) is 7.77. The minimum absolute atomic E-state index is 0.0629. The minimum atomic E-state index is -0.216. The number of rotatable bonds is 5. The molecule has 35 heavy (non-hydrogen) atoms. The summed E-state index contributed by atoms with van der Waals surface area (Å²) >= 11 is 1.73. The molecule has 5 nitrogen and oxygen atoms in total. The van der Waals surface area contributed by atoms with Gasteiger partial charge in [-0.05, 0) is 30.2 Å². The van der Waals surface area contributed by atoms with Crippen molar-refractivity contribution in [1.82, 2.24) is 19.4 Å². The quantitative estimate of drug-likeness (QED) is 0.341. The van der Waals surface area contributed by atoms with Gasteiger partial charge in [0.15, 0.2) is 0 Å². The van der Waals surface area contributed by atoms with Crippen LogP contribution in [-0.4, -0.2) is 26.0 Å². The van der Waals surface area contributed by atoms with Gasteiger partial charge in [0.2, 0.25) is 0 Å². The van der Waals surface area contributed by atoms with Crippen molar-refractivity contribution in [2.45, 2.75) is 32.5 Å². The van der Waals surface area contributed by atoms with E-state index in [-0.39, 0.29) is 11.6 Å². The molecule has 0 radical (unpaired) electrons. The molecule has 0 aliphatic carbocycles. The van der Waals surface area contributed by atoms with E-state index >= 15 is 0 Å². The third-order valence-electron chi connectivity index (χ3n) is 6.73. The molecule has 6 heteroatoms. The Kier molecular flexibility index (Phi) is 5.76. The fourth-order valence-electron chi connectivity index (χ4n) is 5.09. The molecule has 0 atom stereocenters. The molecule has 0 bridgehead atoms. The topological polar surface area (TPSA) is 51.0 Å². The summed E-state index contributed by atoms with van der Waals surface area (Å²) in [6.07, 6.45) is 2.63. The van der Waals surface area contributed by atoms with E-state index in [2.05, 4.69) is 46.3 Å². The van der Waals surface area contributed by atoms with Gasteiger partial charge in [0, 0.05) is 42.5 Å². The van der Waals surface area contributed by atoms with Crippen molar-refractivity contribution in [1.29, 1.82) is 0 Å². The molecule has 174 valence electrons. The highest BCUT2D eigenvalue weighted by molar-refractivity contribution is 7.18. The fraction of sp³-hybridized carbons (Fsp3) is 0.207. The number of aryl methyl sites for hydroxylation is 1. The number of aromatic nitrogens is 3. The standard InChI is InChI=1S/C29H26N4OS/c1-20-31-26-14-16-32(18-24-17-23-13-8-15-30-28(23)35-24)19-25(26)29(34)33(20)27(21-9-4-2-5-10-21)22-11-6-3-7-12-22/h2-13,15,17,27H,14,16,18-19H2,1H3. The summed E-state index contributed by atoms with van der Waals surface area (Å²) in [5.74, 6) is 0.760. The smallest absolute Gasteiger partial charge is 0.259 e. The summed E-state index contributed by atoms with van der Waals surface area (Å²) in [5.41, 5.74) is 3.98. The molecule has 0 unspecified atom stereocenters. The van der Waals surface area contributed by atoms with Gasteiger partial charge in [-0.15, -0.1) is 11.3 Å². The molecule has 4 heterocycles. The van der Waals surface area contributed by atoms with E-state index < -0.39 is 0 Å². The maximum absolute atomic E-state index is 14.1. The first-order valence-electron chi connectivity index (χ1n) is 11.9. The first-order valence-corrected chi connectivity index (χ1v) is 12.8. The first kappa shape index (κ1) is 21.9. The van der Waals surface area contributed by atoms with Crippen LogP contribution in [0.3, 0.4) is 0 Å². The molecular formula is C29H26N4OS. The van der Waals surface area contributed by atoms with E-state index in [0.29, 0.717) is 6.54 Å². The largest absolute Gasteiger partial charge is 0.293 e. The molecule has 2 aromatic carbocycles. The lowest BCUT2D eigenvalue weighted by atomic mass is 9.97. The van der Waals surface area contributed by atoms with Gasteiger partial charge in [0.05, 0.1) is 17.3 Å². The van der Waals surface area contributed by atoms with Gasteiger partial charge in [0.1, 0.15) is 10.7 Å². The molecule has 1 aliphatic heterocycles. The van der Waals surface area contributed by atoms with Crippen molar-refractivity contribution >= 4 is 21.6 Å². The average Bonchev–Trinajstić information content (AvgIpc) is 3.30. The number of thiophene rings is 1. The third kappa shape index (κ3) is 4.20. The zero-order valence-corrected chi connectivity index (χ0v) is 20.4. The van der Waals surface area contributed by atoms with Crippen LogP contribution in [0.25, 0.3) is 10.2 Å². The van der Waals surface area contributed by atoms with Crippen molar-refractivity contribution in [3.8, 4) is 0 Å². The van der Waals surface area contributed by atoms with Crippen molar-refractivity contribution in [2.75, 3.05) is 6.54 Å². The second-order valence-corrected chi connectivity index (χ2v) is 10.2. The van der Waals surface area contributed by atoms with Crippen LogP contribution in [0.4, 0.5) is 0 Å². The van der Waals surface area contributed by atoms with Crippen LogP contribution in [0.2, 0.25) is 0 Å². The molecular weight excluding hydrogens is 452 g/mol. The molecule has 0 fully saturated rings. The lowest BCUT2D eigenvalue weighted by Crippen LogP contribution is -2.40. The number of hydrogen-bond donors (Lipinski definition) is 0. The summed E-state index contributed by atoms with van der Waals surface area (Å²) in [6.45, 7) is 4.27. The van der Waals surface area contributed by atoms with Crippen molar-refractivity contribution in [2.24, 2.45) is 0 Å². The van der Waals surface area contributed by atoms with Gasteiger partial charge in [-0.25, -0.2) is 9.97 Å². The average molecular weight is 479 g/mol. The van der Waals surface area contributed by atoms with Crippen LogP contribution in [0.5, 0.6) is 0 Å². The van der Waals surface area contributed by atoms with Crippen LogP contribution in [0.15, 0.2) is 89.9 Å². The molecule has 0 saturated carbocycles. The molecule has 0 spiro atoms. The summed E-state index contributed by atoms with van der Waals surface area (Å²) < 4.78 is 1.89. The molecule has 0 amide bonds. The Bertz CT molecular complexity index is 1470. The Morgan fingerprint density at radius 1 is 0.971 bits per heavy atom. The van der Waals surface area contributed by atoms with E-state index in [4.69, 9.17) is 4.98 Å². The van der Waals surface area contributed by atoms with Crippen LogP contribution in [0.1, 0.15) is 39.1 Å². The minimum Gasteiger partial charge on any atom is -0.293 e. The number of hydrogen-bond acceptors (Lipinski definition) is 5. The van der Waals surface area contributed by atoms with Crippen LogP contribution in [0, 0.1) is 6.92 Å². The summed E-state index contributed by atoms with van der Waals surface area (Å²) in [7, 11) is 0. The Morgan fingerprint density at radius 3 is 2.37 bits per heavy atom. The highest BCUT2D eigenvalue weighted by Crippen LogP contribution is 2.29. The molecule has 3 aromatic heterocycles. The van der Waals surface area contributed by atoms with Gasteiger partial charge >= 0.3 is 0 Å². The van der Waals surface area contributed by atoms with Crippen molar-refractivity contribution in [3.63, 3.8) is 0 Å². The monoisotopic (exact) mass is 478 g/mol. The Balaban J connectivity index is 1.38. The fourth-order valence-corrected chi connectivity index (χ4v) is 6.13. The highest BCUT2D eigenvalue weighted by Gasteiger charge is 2.27. The Morgan fingerprint density at radius 2 is 1.69 bits per heavy atom. The van der Waals surface area contributed by atoms with Crippen LogP contribution in [-0.2, 0) is 19.5 Å². The van der Waals surface area contributed by atoms with Crippen molar-refractivity contribution < 1.29 is 0 Å². The number of benzene rings is 2. The molecule has 0 saturated heterocycles. The van der Waals surface area contributed by atoms with Gasteiger partial charge in [-0.1, -0.05) is 66.7 Å². The normalized spacial score (nSPS) is 13.9. The van der Waals surface area contributed by atoms with Crippen LogP contribution >= 0.6 is 11.3 Å². The summed E-state index contributed by atoms with van der Waals surface area (Å²) in [5, 5.41) is 1.18. The maximum atomic E-state index is 14.1. The van der Waals surface area contributed by atoms with Gasteiger partial charge in [-0.2, -0.15) is 0 Å². The molecule has 5 aromatic rings. The molecule has 0 N–H and O–H groups in total. The van der Waals surface area contributed by atoms with Gasteiger partial charge in [0.25, 0.3) is 5.56 Å². The SMILES string of the molecule is Cc1nc2c(c(=O)n1C(c1ccccc1)c1ccccc1)CN(Cc1cc3cccnc3s1)CC2. The van der Waals surface area contributed by atoms with E-state index in [1.807, 2.05) is 60.2 Å². The second kappa shape index (κ2) is 9.21. The predicted molar refractivity (Wildman–Crippen MR) is 141 cm³/mol. The van der Waals surface area contributed by atoms with Gasteiger partial charge < -0.3 is 0 Å². The summed E-state index contributed by atoms with van der Waals surface area (Å²) in [6, 6.07) is 26.6. The van der Waals surface area contributed by atoms with Crippen LogP contribution < -0.4 is 5.56 Å². The second-order valence-electron chi connectivity index (χ2n) is 9.05. The predicted octanol–water partition coefficient (Wildman–Crippen LogP) is 5.36. The van der Waals surface area contributed by atoms with Gasteiger partial charge in [-0.3, -0.25) is 14.3 Å². The molecule has 1 aliphatic rings. The Labute approximate surface area is 208 Å². The van der Waals surface area contributed by atoms with E-state index in [1.165, 1.54) is 10.3 Å². The van der Waals surface area contributed by atoms with Crippen molar-refractivity contribution in [3.05, 3.63) is 128 Å². The zero-order chi connectivity index (χ0) is 23.8. The molecule has 6 rings (SSSR count). The zero-order valence-electron chi connectivity index (χ0n) is 19.6. The van der Waals surface area contributed by atoms with E-state index in [0.717, 1.165) is 52.5 Å². The lowest BCUT2D eigenvalue weighted by Gasteiger charge is -2.30. The highest BCUT2D eigenvalue weighted by atomic mass is 32.1. The Hall–Kier alpha value is -3.61. The maximum Gasteiger partial charge on any atom is 0.259 e.